The third-order valence-corrected chi connectivity index (χ3v) is 7.44. The first kappa shape index (κ1) is 34.5. The van der Waals surface area contributed by atoms with Crippen molar-refractivity contribution in [3.05, 3.63) is 71.3 Å². The summed E-state index contributed by atoms with van der Waals surface area (Å²) in [6.07, 6.45) is 10.7. The van der Waals surface area contributed by atoms with Crippen molar-refractivity contribution in [3.8, 4) is 11.5 Å². The predicted octanol–water partition coefficient (Wildman–Crippen LogP) is 3.45. The minimum Gasteiger partial charge on any atom is -0.425 e. The molecule has 0 amide bonds. The molecule has 0 aromatic heterocycles. The van der Waals surface area contributed by atoms with E-state index in [1.165, 1.54) is 6.08 Å². The van der Waals surface area contributed by atoms with Crippen LogP contribution in [0.1, 0.15) is 68.9 Å². The summed E-state index contributed by atoms with van der Waals surface area (Å²) >= 11 is 0. The van der Waals surface area contributed by atoms with E-state index in [2.05, 4.69) is 0 Å². The van der Waals surface area contributed by atoms with Gasteiger partial charge >= 0.3 is 11.9 Å². The normalized spacial score (nSPS) is 17.4. The summed E-state index contributed by atoms with van der Waals surface area (Å²) in [6, 6.07) is 12.1. The van der Waals surface area contributed by atoms with Crippen molar-refractivity contribution in [2.75, 3.05) is 13.1 Å². The van der Waals surface area contributed by atoms with Gasteiger partial charge in [0.25, 0.3) is 0 Å². The highest BCUT2D eigenvalue weighted by atomic mass is 16.5. The van der Waals surface area contributed by atoms with Gasteiger partial charge in [-0.15, -0.1) is 0 Å². The number of carbonyl (C=O) groups is 4. The fourth-order valence-corrected chi connectivity index (χ4v) is 4.80. The molecule has 1 aliphatic rings. The number of hydrogen-bond donors (Lipinski definition) is 4. The number of unbranched alkanes of at least 4 members (excludes halogenated alkanes) is 2. The second-order valence-corrected chi connectivity index (χ2v) is 11.0. The van der Waals surface area contributed by atoms with Crippen molar-refractivity contribution in [2.24, 2.45) is 28.9 Å². The standard InChI is InChI=1S/C34H44N4O6/c35-20-3-1-8-29(37)33(41)43-26-15-10-23(11-16-26)14-19-31(39)28-7-5-6-25(32(28)40)22-24-12-17-27(18-13-24)44-34(42)30(38)9-2-4-21-36/h10-19,22,28-30H,1-9,20-21,35-38H2/b19-14+,25-22+. The van der Waals surface area contributed by atoms with E-state index in [1.54, 1.807) is 60.7 Å². The number of carbonyl (C=O) groups excluding carboxylic acids is 4. The Hall–Kier alpha value is -3.96. The highest BCUT2D eigenvalue weighted by molar-refractivity contribution is 6.16. The van der Waals surface area contributed by atoms with E-state index in [1.807, 2.05) is 0 Å². The summed E-state index contributed by atoms with van der Waals surface area (Å²) in [4.78, 5) is 50.5. The van der Waals surface area contributed by atoms with Crippen molar-refractivity contribution < 1.29 is 28.7 Å². The van der Waals surface area contributed by atoms with E-state index in [-0.39, 0.29) is 11.6 Å². The Morgan fingerprint density at radius 3 is 1.77 bits per heavy atom. The molecule has 2 aromatic carbocycles. The second-order valence-electron chi connectivity index (χ2n) is 11.0. The smallest absolute Gasteiger partial charge is 0.328 e. The Morgan fingerprint density at radius 1 is 0.773 bits per heavy atom. The van der Waals surface area contributed by atoms with Gasteiger partial charge in [-0.05, 0) is 111 Å². The van der Waals surface area contributed by atoms with Gasteiger partial charge in [0.2, 0.25) is 0 Å². The summed E-state index contributed by atoms with van der Waals surface area (Å²) in [5.74, 6) is -1.47. The molecule has 44 heavy (non-hydrogen) atoms. The number of ketones is 2. The number of benzene rings is 2. The topological polar surface area (TPSA) is 191 Å². The molecule has 236 valence electrons. The van der Waals surface area contributed by atoms with E-state index >= 15 is 0 Å². The molecule has 2 aromatic rings. The van der Waals surface area contributed by atoms with Crippen molar-refractivity contribution >= 4 is 35.7 Å². The number of esters is 2. The van der Waals surface area contributed by atoms with E-state index < -0.39 is 29.9 Å². The van der Waals surface area contributed by atoms with Crippen molar-refractivity contribution in [1.82, 2.24) is 0 Å². The fourth-order valence-electron chi connectivity index (χ4n) is 4.80. The molecule has 10 heteroatoms. The van der Waals surface area contributed by atoms with Crippen LogP contribution in [-0.4, -0.2) is 48.7 Å². The molecule has 0 saturated heterocycles. The van der Waals surface area contributed by atoms with Crippen LogP contribution in [0, 0.1) is 5.92 Å². The minimum absolute atomic E-state index is 0.185. The molecular formula is C34H44N4O6. The quantitative estimate of drug-likeness (QED) is 0.0725. The largest absolute Gasteiger partial charge is 0.425 e. The molecule has 0 spiro atoms. The van der Waals surface area contributed by atoms with Crippen LogP contribution in [0.15, 0.2) is 60.2 Å². The average molecular weight is 605 g/mol. The minimum atomic E-state index is -0.742. The lowest BCUT2D eigenvalue weighted by Crippen LogP contribution is -2.34. The predicted molar refractivity (Wildman–Crippen MR) is 170 cm³/mol. The lowest BCUT2D eigenvalue weighted by Gasteiger charge is -2.21. The van der Waals surface area contributed by atoms with Gasteiger partial charge in [0.1, 0.15) is 23.6 Å². The Bertz CT molecular complexity index is 1320. The van der Waals surface area contributed by atoms with Crippen LogP contribution in [0.3, 0.4) is 0 Å². The van der Waals surface area contributed by atoms with Crippen LogP contribution in [0.5, 0.6) is 11.5 Å². The van der Waals surface area contributed by atoms with Gasteiger partial charge in [-0.3, -0.25) is 9.59 Å². The summed E-state index contributed by atoms with van der Waals surface area (Å²) < 4.78 is 10.7. The van der Waals surface area contributed by atoms with Gasteiger partial charge in [0, 0.05) is 0 Å². The van der Waals surface area contributed by atoms with Gasteiger partial charge in [-0.1, -0.05) is 43.2 Å². The lowest BCUT2D eigenvalue weighted by molar-refractivity contribution is -0.136. The number of ether oxygens (including phenoxy) is 2. The lowest BCUT2D eigenvalue weighted by atomic mass is 9.81. The van der Waals surface area contributed by atoms with Gasteiger partial charge in [-0.2, -0.15) is 0 Å². The van der Waals surface area contributed by atoms with Crippen LogP contribution in [-0.2, 0) is 19.2 Å². The first-order valence-corrected chi connectivity index (χ1v) is 15.2. The Morgan fingerprint density at radius 2 is 1.27 bits per heavy atom. The first-order chi connectivity index (χ1) is 21.2. The van der Waals surface area contributed by atoms with Gasteiger partial charge < -0.3 is 32.4 Å². The van der Waals surface area contributed by atoms with E-state index in [4.69, 9.17) is 32.4 Å². The Labute approximate surface area is 258 Å². The third-order valence-electron chi connectivity index (χ3n) is 7.44. The molecule has 0 bridgehead atoms. The molecule has 8 N–H and O–H groups in total. The molecule has 1 fully saturated rings. The monoisotopic (exact) mass is 604 g/mol. The third kappa shape index (κ3) is 10.9. The summed E-state index contributed by atoms with van der Waals surface area (Å²) in [7, 11) is 0. The van der Waals surface area contributed by atoms with Crippen LogP contribution >= 0.6 is 0 Å². The zero-order chi connectivity index (χ0) is 31.9. The van der Waals surface area contributed by atoms with Crippen LogP contribution in [0.4, 0.5) is 0 Å². The zero-order valence-electron chi connectivity index (χ0n) is 25.1. The van der Waals surface area contributed by atoms with Gasteiger partial charge in [-0.25, -0.2) is 9.59 Å². The van der Waals surface area contributed by atoms with E-state index in [0.29, 0.717) is 62.3 Å². The molecule has 3 unspecified atom stereocenters. The molecule has 1 saturated carbocycles. The van der Waals surface area contributed by atoms with Crippen molar-refractivity contribution in [1.29, 1.82) is 0 Å². The second kappa shape index (κ2) is 18.0. The van der Waals surface area contributed by atoms with E-state index in [9.17, 15) is 19.2 Å². The van der Waals surface area contributed by atoms with E-state index in [0.717, 1.165) is 36.8 Å². The van der Waals surface area contributed by atoms with Gasteiger partial charge in [0.15, 0.2) is 11.6 Å². The highest BCUT2D eigenvalue weighted by Crippen LogP contribution is 2.29. The number of nitrogens with two attached hydrogens (primary N) is 4. The SMILES string of the molecule is NCCCCC(N)C(=O)Oc1ccc(/C=C/C(=O)C2CCC/C(=C\c3ccc(OC(=O)C(N)CCCCN)cc3)C2=O)cc1. The van der Waals surface area contributed by atoms with Gasteiger partial charge in [0.05, 0.1) is 5.92 Å². The average Bonchev–Trinajstić information content (AvgIpc) is 3.02. The molecule has 3 atom stereocenters. The van der Waals surface area contributed by atoms with Crippen LogP contribution < -0.4 is 32.4 Å². The maximum absolute atomic E-state index is 13.2. The molecule has 1 aliphatic carbocycles. The zero-order valence-corrected chi connectivity index (χ0v) is 25.1. The van der Waals surface area contributed by atoms with Crippen molar-refractivity contribution in [2.45, 2.75) is 69.9 Å². The number of rotatable bonds is 16. The first-order valence-electron chi connectivity index (χ1n) is 15.2. The van der Waals surface area contributed by atoms with Crippen molar-refractivity contribution in [3.63, 3.8) is 0 Å². The van der Waals surface area contributed by atoms with Crippen LogP contribution in [0.2, 0.25) is 0 Å². The fraction of sp³-hybridized carbons (Fsp3) is 0.412. The molecule has 0 aliphatic heterocycles. The van der Waals surface area contributed by atoms with Crippen LogP contribution in [0.25, 0.3) is 12.2 Å². The maximum atomic E-state index is 13.2. The Kier molecular flexibility index (Phi) is 14.1. The molecule has 3 rings (SSSR count). The summed E-state index contributed by atoms with van der Waals surface area (Å²) in [5, 5.41) is 0. The summed E-state index contributed by atoms with van der Waals surface area (Å²) in [6.45, 7) is 1.10. The number of Topliss-reactive ketones (excluding diaryl/α,β-unsaturated/α-hetero) is 1. The molecule has 0 heterocycles. The number of allylic oxidation sites excluding steroid dienone is 2. The molecule has 0 radical (unpaired) electrons. The number of hydrogen-bond acceptors (Lipinski definition) is 10. The maximum Gasteiger partial charge on any atom is 0.328 e. The molecule has 10 nitrogen and oxygen atoms in total. The summed E-state index contributed by atoms with van der Waals surface area (Å²) in [5.41, 5.74) is 24.8. The molecular weight excluding hydrogens is 560 g/mol. The Balaban J connectivity index is 1.54. The highest BCUT2D eigenvalue weighted by Gasteiger charge is 2.30.